The smallest absolute Gasteiger partial charge is 0.259 e. The lowest BCUT2D eigenvalue weighted by molar-refractivity contribution is 0.0111. The number of amides is 1. The molecule has 0 bridgehead atoms. The van der Waals surface area contributed by atoms with Crippen LogP contribution >= 0.6 is 11.3 Å². The van der Waals surface area contributed by atoms with E-state index in [1.807, 2.05) is 35.0 Å². The van der Waals surface area contributed by atoms with Gasteiger partial charge in [0.05, 0.1) is 5.56 Å². The highest BCUT2D eigenvalue weighted by Gasteiger charge is 2.49. The van der Waals surface area contributed by atoms with Gasteiger partial charge in [-0.1, -0.05) is 31.0 Å². The second-order valence-electron chi connectivity index (χ2n) is 9.54. The molecule has 3 aliphatic rings. The van der Waals surface area contributed by atoms with Crippen LogP contribution in [0.2, 0.25) is 0 Å². The van der Waals surface area contributed by atoms with Gasteiger partial charge in [0.25, 0.3) is 5.91 Å². The number of anilines is 1. The Bertz CT molecular complexity index is 797. The van der Waals surface area contributed by atoms with Gasteiger partial charge in [0, 0.05) is 23.7 Å². The Morgan fingerprint density at radius 3 is 2.45 bits per heavy atom. The number of hydrogen-bond donors (Lipinski definition) is 0. The first kappa shape index (κ1) is 19.3. The molecule has 2 heterocycles. The number of carbonyl (C=O) groups is 1. The van der Waals surface area contributed by atoms with Crippen molar-refractivity contribution in [2.24, 2.45) is 11.3 Å². The van der Waals surface area contributed by atoms with E-state index < -0.39 is 0 Å². The van der Waals surface area contributed by atoms with Gasteiger partial charge in [-0.25, -0.2) is 0 Å². The molecule has 1 amide bonds. The van der Waals surface area contributed by atoms with Gasteiger partial charge < -0.3 is 9.80 Å². The lowest BCUT2D eigenvalue weighted by Crippen LogP contribution is -2.56. The van der Waals surface area contributed by atoms with Crippen LogP contribution in [0.4, 0.5) is 5.69 Å². The Kier molecular flexibility index (Phi) is 5.49. The minimum atomic E-state index is 0.163. The quantitative estimate of drug-likeness (QED) is 0.621. The van der Waals surface area contributed by atoms with Crippen LogP contribution in [0.3, 0.4) is 0 Å². The van der Waals surface area contributed by atoms with Crippen molar-refractivity contribution in [2.45, 2.75) is 57.4 Å². The molecular formula is C25H32N2OS. The van der Waals surface area contributed by atoms with E-state index >= 15 is 0 Å². The van der Waals surface area contributed by atoms with E-state index in [0.717, 1.165) is 30.0 Å². The van der Waals surface area contributed by atoms with Crippen LogP contribution in [-0.2, 0) is 0 Å². The van der Waals surface area contributed by atoms with Crippen LogP contribution in [0, 0.1) is 11.3 Å². The Morgan fingerprint density at radius 1 is 1.07 bits per heavy atom. The first-order valence-electron chi connectivity index (χ1n) is 11.4. The molecule has 2 aliphatic carbocycles. The van der Waals surface area contributed by atoms with Crippen molar-refractivity contribution in [3.05, 3.63) is 52.7 Å². The summed E-state index contributed by atoms with van der Waals surface area (Å²) in [5, 5.41) is 3.98. The summed E-state index contributed by atoms with van der Waals surface area (Å²) < 4.78 is 0. The number of likely N-dealkylation sites (tertiary alicyclic amines) is 1. The SMILES string of the molecule is O=C(c1ccsc1)N(c1ccccc1)C1CC2(CCN(CC3CCCC3)CC2)C1. The van der Waals surface area contributed by atoms with Crippen LogP contribution in [0.5, 0.6) is 0 Å². The topological polar surface area (TPSA) is 23.6 Å². The fourth-order valence-corrected chi connectivity index (χ4v) is 6.54. The molecule has 1 saturated heterocycles. The van der Waals surface area contributed by atoms with Gasteiger partial charge >= 0.3 is 0 Å². The van der Waals surface area contributed by atoms with Gasteiger partial charge in [-0.3, -0.25) is 4.79 Å². The molecular weight excluding hydrogens is 376 g/mol. The van der Waals surface area contributed by atoms with E-state index in [4.69, 9.17) is 0 Å². The Balaban J connectivity index is 1.23. The van der Waals surface area contributed by atoms with Crippen molar-refractivity contribution < 1.29 is 4.79 Å². The highest BCUT2D eigenvalue weighted by molar-refractivity contribution is 7.08. The summed E-state index contributed by atoms with van der Waals surface area (Å²) in [6, 6.07) is 12.6. The summed E-state index contributed by atoms with van der Waals surface area (Å²) in [6.07, 6.45) is 10.7. The molecule has 154 valence electrons. The monoisotopic (exact) mass is 408 g/mol. The maximum atomic E-state index is 13.3. The van der Waals surface area contributed by atoms with Crippen LogP contribution in [0.25, 0.3) is 0 Å². The molecule has 29 heavy (non-hydrogen) atoms. The van der Waals surface area contributed by atoms with Crippen molar-refractivity contribution in [2.75, 3.05) is 24.5 Å². The molecule has 3 nitrogen and oxygen atoms in total. The highest BCUT2D eigenvalue weighted by atomic mass is 32.1. The zero-order valence-electron chi connectivity index (χ0n) is 17.3. The summed E-state index contributed by atoms with van der Waals surface area (Å²) in [6.45, 7) is 3.84. The van der Waals surface area contributed by atoms with Crippen molar-refractivity contribution in [1.82, 2.24) is 4.90 Å². The average molecular weight is 409 g/mol. The zero-order chi connectivity index (χ0) is 19.7. The van der Waals surface area contributed by atoms with Crippen LogP contribution in [0.1, 0.15) is 61.7 Å². The summed E-state index contributed by atoms with van der Waals surface area (Å²) in [4.78, 5) is 18.1. The summed E-state index contributed by atoms with van der Waals surface area (Å²) in [5.74, 6) is 1.12. The number of piperidine rings is 1. The highest BCUT2D eigenvalue weighted by Crippen LogP contribution is 2.52. The molecule has 1 aromatic heterocycles. The third-order valence-corrected chi connectivity index (χ3v) is 8.31. The first-order chi connectivity index (χ1) is 14.2. The number of hydrogen-bond acceptors (Lipinski definition) is 3. The minimum Gasteiger partial charge on any atom is -0.305 e. The second kappa shape index (κ2) is 8.23. The average Bonchev–Trinajstić information content (AvgIpc) is 3.43. The van der Waals surface area contributed by atoms with E-state index in [1.165, 1.54) is 58.2 Å². The molecule has 1 aromatic carbocycles. The molecule has 0 N–H and O–H groups in total. The van der Waals surface area contributed by atoms with E-state index in [9.17, 15) is 4.79 Å². The summed E-state index contributed by atoms with van der Waals surface area (Å²) in [7, 11) is 0. The standard InChI is InChI=1S/C25H32N2OS/c28-24(21-10-15-29-19-21)27(22-8-2-1-3-9-22)23-16-25(17-23)11-13-26(14-12-25)18-20-6-4-5-7-20/h1-3,8-10,15,19-20,23H,4-7,11-14,16-18H2. The largest absolute Gasteiger partial charge is 0.305 e. The van der Waals surface area contributed by atoms with Crippen molar-refractivity contribution >= 4 is 22.9 Å². The number of nitrogens with zero attached hydrogens (tertiary/aromatic N) is 2. The fourth-order valence-electron chi connectivity index (χ4n) is 5.91. The van der Waals surface area contributed by atoms with Crippen LogP contribution < -0.4 is 4.90 Å². The lowest BCUT2D eigenvalue weighted by atomic mass is 9.60. The number of rotatable bonds is 5. The Labute approximate surface area is 178 Å². The zero-order valence-corrected chi connectivity index (χ0v) is 18.1. The third kappa shape index (κ3) is 4.02. The molecule has 2 aromatic rings. The van der Waals surface area contributed by atoms with Crippen molar-refractivity contribution in [3.63, 3.8) is 0 Å². The van der Waals surface area contributed by atoms with Gasteiger partial charge in [0.2, 0.25) is 0 Å². The number of thiophene rings is 1. The second-order valence-corrected chi connectivity index (χ2v) is 10.3. The van der Waals surface area contributed by atoms with Gasteiger partial charge in [0.15, 0.2) is 0 Å². The molecule has 2 saturated carbocycles. The van der Waals surface area contributed by atoms with Gasteiger partial charge in [-0.2, -0.15) is 11.3 Å². The Morgan fingerprint density at radius 2 is 1.79 bits per heavy atom. The molecule has 0 atom stereocenters. The number of para-hydroxylation sites is 1. The molecule has 1 spiro atoms. The minimum absolute atomic E-state index is 0.163. The summed E-state index contributed by atoms with van der Waals surface area (Å²) in [5.41, 5.74) is 2.34. The molecule has 3 fully saturated rings. The van der Waals surface area contributed by atoms with Crippen LogP contribution in [-0.4, -0.2) is 36.5 Å². The van der Waals surface area contributed by atoms with Gasteiger partial charge in [-0.15, -0.1) is 0 Å². The van der Waals surface area contributed by atoms with Gasteiger partial charge in [0.1, 0.15) is 0 Å². The molecule has 4 heteroatoms. The van der Waals surface area contributed by atoms with Crippen molar-refractivity contribution in [1.29, 1.82) is 0 Å². The maximum absolute atomic E-state index is 13.3. The molecule has 0 unspecified atom stereocenters. The van der Waals surface area contributed by atoms with Crippen LogP contribution in [0.15, 0.2) is 47.2 Å². The molecule has 5 rings (SSSR count). The van der Waals surface area contributed by atoms with E-state index in [1.54, 1.807) is 11.3 Å². The predicted octanol–water partition coefficient (Wildman–Crippen LogP) is 5.83. The fraction of sp³-hybridized carbons (Fsp3) is 0.560. The normalized spacial score (nSPS) is 22.6. The predicted molar refractivity (Wildman–Crippen MR) is 121 cm³/mol. The third-order valence-electron chi connectivity index (χ3n) is 7.63. The van der Waals surface area contributed by atoms with Gasteiger partial charge in [-0.05, 0) is 86.5 Å². The Hall–Kier alpha value is -1.65. The number of carbonyl (C=O) groups excluding carboxylic acids is 1. The van der Waals surface area contributed by atoms with E-state index in [-0.39, 0.29) is 5.91 Å². The summed E-state index contributed by atoms with van der Waals surface area (Å²) >= 11 is 1.60. The van der Waals surface area contributed by atoms with Crippen molar-refractivity contribution in [3.8, 4) is 0 Å². The number of benzene rings is 1. The molecule has 1 aliphatic heterocycles. The van der Waals surface area contributed by atoms with E-state index in [2.05, 4.69) is 21.9 Å². The maximum Gasteiger partial charge on any atom is 0.259 e. The lowest BCUT2D eigenvalue weighted by Gasteiger charge is -2.55. The van der Waals surface area contributed by atoms with E-state index in [0.29, 0.717) is 11.5 Å². The first-order valence-corrected chi connectivity index (χ1v) is 12.3. The molecule has 0 radical (unpaired) electrons.